The molecular weight excluding hydrogens is 458 g/mol. The van der Waals surface area contributed by atoms with Gasteiger partial charge in [0.1, 0.15) is 10.7 Å². The molecule has 2 aliphatic rings. The minimum Gasteiger partial charge on any atom is -0.496 e. The van der Waals surface area contributed by atoms with Crippen molar-refractivity contribution < 1.29 is 14.3 Å². The molecule has 174 valence electrons. The number of hydrogen-bond acceptors (Lipinski definition) is 5. The molecule has 2 aromatic carbocycles. The summed E-state index contributed by atoms with van der Waals surface area (Å²) in [6.45, 7) is 9.26. The number of carbonyl (C=O) groups is 2. The largest absolute Gasteiger partial charge is 0.496 e. The number of anilines is 2. The lowest BCUT2D eigenvalue weighted by molar-refractivity contribution is -0.112. The molecule has 2 heterocycles. The van der Waals surface area contributed by atoms with E-state index in [1.54, 1.807) is 25.1 Å². The molecule has 0 atom stereocenters. The van der Waals surface area contributed by atoms with Gasteiger partial charge < -0.3 is 19.9 Å². The second-order valence-electron chi connectivity index (χ2n) is 8.30. The Labute approximate surface area is 203 Å². The van der Waals surface area contributed by atoms with Crippen LogP contribution in [-0.2, 0) is 9.53 Å². The highest BCUT2D eigenvalue weighted by Gasteiger charge is 2.26. The van der Waals surface area contributed by atoms with Gasteiger partial charge in [0, 0.05) is 42.6 Å². The van der Waals surface area contributed by atoms with Gasteiger partial charge in [-0.05, 0) is 56.2 Å². The maximum atomic E-state index is 13.4. The smallest absolute Gasteiger partial charge is 0.265 e. The average Bonchev–Trinajstić information content (AvgIpc) is 2.81. The van der Waals surface area contributed by atoms with Gasteiger partial charge in [0.15, 0.2) is 0 Å². The van der Waals surface area contributed by atoms with E-state index in [0.717, 1.165) is 18.8 Å². The average molecular weight is 486 g/mol. The van der Waals surface area contributed by atoms with Gasteiger partial charge in [-0.25, -0.2) is 0 Å². The van der Waals surface area contributed by atoms with Crippen LogP contribution in [0, 0.1) is 13.8 Å². The van der Waals surface area contributed by atoms with Crippen LogP contribution in [-0.4, -0.2) is 55.3 Å². The van der Waals surface area contributed by atoms with Gasteiger partial charge in [-0.1, -0.05) is 23.7 Å². The Morgan fingerprint density at radius 2 is 1.79 bits per heavy atom. The highest BCUT2D eigenvalue weighted by atomic mass is 35.5. The minimum atomic E-state index is -0.270. The second kappa shape index (κ2) is 10.1. The molecule has 0 saturated carbocycles. The Kier molecular flexibility index (Phi) is 7.20. The molecule has 0 bridgehead atoms. The molecule has 2 aromatic rings. The number of thioether (sulfide) groups is 1. The van der Waals surface area contributed by atoms with Gasteiger partial charge in [-0.15, -0.1) is 11.8 Å². The molecule has 4 rings (SSSR count). The molecule has 8 heteroatoms. The number of amides is 2. The van der Waals surface area contributed by atoms with Crippen LogP contribution in [0.5, 0.6) is 0 Å². The quantitative estimate of drug-likeness (QED) is 0.670. The van der Waals surface area contributed by atoms with Crippen LogP contribution in [0.1, 0.15) is 28.4 Å². The van der Waals surface area contributed by atoms with E-state index in [9.17, 15) is 9.59 Å². The predicted octanol–water partition coefficient (Wildman–Crippen LogP) is 4.85. The molecule has 6 nitrogen and oxygen atoms in total. The third-order valence-electron chi connectivity index (χ3n) is 5.91. The number of piperazine rings is 1. The number of nitrogens with one attached hydrogen (secondary N) is 1. The number of carbonyl (C=O) groups excluding carboxylic acids is 2. The van der Waals surface area contributed by atoms with E-state index < -0.39 is 0 Å². The van der Waals surface area contributed by atoms with Crippen LogP contribution in [0.2, 0.25) is 5.02 Å². The summed E-state index contributed by atoms with van der Waals surface area (Å²) < 4.78 is 5.50. The van der Waals surface area contributed by atoms with E-state index in [4.69, 9.17) is 16.3 Å². The van der Waals surface area contributed by atoms with E-state index in [1.165, 1.54) is 28.6 Å². The van der Waals surface area contributed by atoms with Gasteiger partial charge in [-0.3, -0.25) is 9.59 Å². The Balaban J connectivity index is 1.49. The molecule has 0 spiro atoms. The summed E-state index contributed by atoms with van der Waals surface area (Å²) in [4.78, 5) is 30.9. The zero-order valence-electron chi connectivity index (χ0n) is 19.1. The highest BCUT2D eigenvalue weighted by Crippen LogP contribution is 2.29. The number of benzene rings is 2. The number of hydrogen-bond donors (Lipinski definition) is 1. The Morgan fingerprint density at radius 1 is 1.03 bits per heavy atom. The number of halogens is 1. The van der Waals surface area contributed by atoms with Gasteiger partial charge in [0.2, 0.25) is 0 Å². The lowest BCUT2D eigenvalue weighted by Crippen LogP contribution is -2.49. The number of nitrogens with zero attached hydrogens (tertiary/aromatic N) is 2. The van der Waals surface area contributed by atoms with Crippen molar-refractivity contribution in [3.05, 3.63) is 68.8 Å². The zero-order chi connectivity index (χ0) is 23.5. The van der Waals surface area contributed by atoms with Crippen molar-refractivity contribution >= 4 is 46.6 Å². The fraction of sp³-hybridized carbons (Fsp3) is 0.360. The normalized spacial score (nSPS) is 16.5. The summed E-state index contributed by atoms with van der Waals surface area (Å²) in [7, 11) is 0. The Bertz CT molecular complexity index is 1110. The molecule has 1 N–H and O–H groups in total. The molecule has 0 aromatic heterocycles. The maximum absolute atomic E-state index is 13.4. The predicted molar refractivity (Wildman–Crippen MR) is 135 cm³/mol. The monoisotopic (exact) mass is 485 g/mol. The van der Waals surface area contributed by atoms with Crippen molar-refractivity contribution in [2.45, 2.75) is 20.8 Å². The molecule has 2 aliphatic heterocycles. The van der Waals surface area contributed by atoms with E-state index in [-0.39, 0.29) is 11.8 Å². The van der Waals surface area contributed by atoms with E-state index >= 15 is 0 Å². The topological polar surface area (TPSA) is 61.9 Å². The molecule has 0 aliphatic carbocycles. The van der Waals surface area contributed by atoms with Crippen LogP contribution in [0.15, 0.2) is 47.1 Å². The minimum absolute atomic E-state index is 0.133. The third-order valence-corrected chi connectivity index (χ3v) is 7.27. The molecule has 1 saturated heterocycles. The van der Waals surface area contributed by atoms with Crippen LogP contribution in [0.4, 0.5) is 11.4 Å². The lowest BCUT2D eigenvalue weighted by Gasteiger charge is -2.37. The standard InChI is InChI=1S/C25H28ClN3O3S/c1-16-4-5-17(2)22(14-16)28-8-10-29(11-9-28)25(31)20-15-19(26)6-7-21(20)27-24(30)23-18(3)32-12-13-33-23/h4-7,14-15H,8-13H2,1-3H3,(H,27,30). The van der Waals surface area contributed by atoms with Crippen molar-refractivity contribution in [3.63, 3.8) is 0 Å². The summed E-state index contributed by atoms with van der Waals surface area (Å²) >= 11 is 7.68. The molecule has 1 fully saturated rings. The zero-order valence-corrected chi connectivity index (χ0v) is 20.7. The maximum Gasteiger partial charge on any atom is 0.265 e. The van der Waals surface area contributed by atoms with Crippen LogP contribution >= 0.6 is 23.4 Å². The van der Waals surface area contributed by atoms with Crippen molar-refractivity contribution in [3.8, 4) is 0 Å². The fourth-order valence-electron chi connectivity index (χ4n) is 4.09. The second-order valence-corrected chi connectivity index (χ2v) is 9.84. The SMILES string of the molecule is CC1=C(C(=O)Nc2ccc(Cl)cc2C(=O)N2CCN(c3cc(C)ccc3C)CC2)SCCO1. The van der Waals surface area contributed by atoms with Gasteiger partial charge in [-0.2, -0.15) is 0 Å². The first kappa shape index (κ1) is 23.5. The summed E-state index contributed by atoms with van der Waals surface area (Å²) in [5, 5.41) is 3.35. The third kappa shape index (κ3) is 5.31. The summed E-state index contributed by atoms with van der Waals surface area (Å²) in [6.07, 6.45) is 0. The summed E-state index contributed by atoms with van der Waals surface area (Å²) in [5.74, 6) is 0.921. The number of allylic oxidation sites excluding steroid dienone is 1. The molecule has 0 radical (unpaired) electrons. The van der Waals surface area contributed by atoms with Crippen molar-refractivity contribution in [2.75, 3.05) is 48.8 Å². The van der Waals surface area contributed by atoms with E-state index in [1.807, 2.05) is 4.90 Å². The van der Waals surface area contributed by atoms with E-state index in [2.05, 4.69) is 42.3 Å². The highest BCUT2D eigenvalue weighted by molar-refractivity contribution is 8.04. The number of aryl methyl sites for hydroxylation is 2. The first-order valence-electron chi connectivity index (χ1n) is 11.0. The van der Waals surface area contributed by atoms with Gasteiger partial charge >= 0.3 is 0 Å². The Hall–Kier alpha value is -2.64. The molecule has 0 unspecified atom stereocenters. The van der Waals surface area contributed by atoms with Crippen LogP contribution < -0.4 is 10.2 Å². The first-order valence-corrected chi connectivity index (χ1v) is 12.4. The molecule has 2 amide bonds. The molecular formula is C25H28ClN3O3S. The lowest BCUT2D eigenvalue weighted by atomic mass is 10.1. The summed E-state index contributed by atoms with van der Waals surface area (Å²) in [5.41, 5.74) is 4.53. The summed E-state index contributed by atoms with van der Waals surface area (Å²) in [6, 6.07) is 11.4. The van der Waals surface area contributed by atoms with Crippen molar-refractivity contribution in [1.82, 2.24) is 4.90 Å². The molecule has 33 heavy (non-hydrogen) atoms. The van der Waals surface area contributed by atoms with Crippen LogP contribution in [0.25, 0.3) is 0 Å². The van der Waals surface area contributed by atoms with Gasteiger partial charge in [0.05, 0.1) is 17.9 Å². The first-order chi connectivity index (χ1) is 15.8. The Morgan fingerprint density at radius 3 is 2.52 bits per heavy atom. The fourth-order valence-corrected chi connectivity index (χ4v) is 5.08. The van der Waals surface area contributed by atoms with Crippen molar-refractivity contribution in [2.24, 2.45) is 0 Å². The van der Waals surface area contributed by atoms with Crippen molar-refractivity contribution in [1.29, 1.82) is 0 Å². The van der Waals surface area contributed by atoms with E-state index in [0.29, 0.717) is 46.6 Å². The number of ether oxygens (including phenoxy) is 1. The van der Waals surface area contributed by atoms with Crippen LogP contribution in [0.3, 0.4) is 0 Å². The number of rotatable bonds is 4. The van der Waals surface area contributed by atoms with Gasteiger partial charge in [0.25, 0.3) is 11.8 Å².